The number of nitrogens with one attached hydrogen (secondary N) is 2. The Bertz CT molecular complexity index is 522. The molecule has 0 aliphatic carbocycles. The minimum Gasteiger partial charge on any atom is -0.345 e. The highest BCUT2D eigenvalue weighted by molar-refractivity contribution is 6.03. The van der Waals surface area contributed by atoms with Gasteiger partial charge in [-0.1, -0.05) is 12.1 Å². The fourth-order valence-electron chi connectivity index (χ4n) is 2.74. The highest BCUT2D eigenvalue weighted by Crippen LogP contribution is 2.20. The lowest BCUT2D eigenvalue weighted by Gasteiger charge is -2.22. The first-order valence-electron chi connectivity index (χ1n) is 7.89. The van der Waals surface area contributed by atoms with Gasteiger partial charge in [0.25, 0.3) is 5.91 Å². The van der Waals surface area contributed by atoms with Crippen molar-refractivity contribution >= 4 is 17.5 Å². The molecular weight excluding hydrogens is 278 g/mol. The van der Waals surface area contributed by atoms with Gasteiger partial charge < -0.3 is 15.5 Å². The van der Waals surface area contributed by atoms with Crippen LogP contribution in [0.4, 0.5) is 5.69 Å². The smallest absolute Gasteiger partial charge is 0.255 e. The van der Waals surface area contributed by atoms with Crippen molar-refractivity contribution in [3.05, 3.63) is 29.8 Å². The summed E-state index contributed by atoms with van der Waals surface area (Å²) >= 11 is 0. The lowest BCUT2D eigenvalue weighted by Crippen LogP contribution is -2.28. The van der Waals surface area contributed by atoms with Gasteiger partial charge in [0.05, 0.1) is 11.3 Å². The van der Waals surface area contributed by atoms with Crippen molar-refractivity contribution < 1.29 is 9.59 Å². The van der Waals surface area contributed by atoms with Gasteiger partial charge in [-0.15, -0.1) is 0 Å². The second-order valence-electron chi connectivity index (χ2n) is 6.03. The van der Waals surface area contributed by atoms with Gasteiger partial charge in [-0.25, -0.2) is 0 Å². The molecule has 2 amide bonds. The molecule has 2 N–H and O–H groups in total. The number of piperidine rings is 1. The van der Waals surface area contributed by atoms with Gasteiger partial charge in [0.1, 0.15) is 0 Å². The summed E-state index contributed by atoms with van der Waals surface area (Å²) in [7, 11) is 3.41. The average Bonchev–Trinajstić information content (AvgIpc) is 2.53. The second-order valence-corrected chi connectivity index (χ2v) is 6.03. The Balaban J connectivity index is 1.92. The predicted octanol–water partition coefficient (Wildman–Crippen LogP) is 2.11. The van der Waals surface area contributed by atoms with Crippen molar-refractivity contribution in [2.45, 2.75) is 25.7 Å². The summed E-state index contributed by atoms with van der Waals surface area (Å²) in [6.07, 6.45) is 3.71. The van der Waals surface area contributed by atoms with E-state index in [9.17, 15) is 9.59 Å². The van der Waals surface area contributed by atoms with Crippen LogP contribution in [0.2, 0.25) is 0 Å². The molecule has 22 heavy (non-hydrogen) atoms. The Morgan fingerprint density at radius 2 is 1.91 bits per heavy atom. The minimum atomic E-state index is -0.103. The molecule has 5 heteroatoms. The molecule has 1 aromatic rings. The first kappa shape index (κ1) is 16.5. The van der Waals surface area contributed by atoms with Crippen LogP contribution in [0.1, 0.15) is 36.0 Å². The van der Waals surface area contributed by atoms with Gasteiger partial charge in [0, 0.05) is 20.5 Å². The molecule has 1 heterocycles. The quantitative estimate of drug-likeness (QED) is 0.876. The highest BCUT2D eigenvalue weighted by Gasteiger charge is 2.17. The van der Waals surface area contributed by atoms with E-state index in [1.807, 2.05) is 6.07 Å². The van der Waals surface area contributed by atoms with Crippen LogP contribution in [0.15, 0.2) is 24.3 Å². The molecule has 0 saturated carbocycles. The number of hydrogen-bond donors (Lipinski definition) is 2. The topological polar surface area (TPSA) is 61.4 Å². The van der Waals surface area contributed by atoms with Crippen LogP contribution < -0.4 is 10.6 Å². The molecule has 1 aliphatic rings. The van der Waals surface area contributed by atoms with Gasteiger partial charge in [-0.2, -0.15) is 0 Å². The minimum absolute atomic E-state index is 0.0162. The number of carbonyl (C=O) groups is 2. The SMILES string of the molecule is CN(C)C(=O)c1ccccc1NC(=O)CCC1CCNCC1. The number of nitrogens with zero attached hydrogens (tertiary/aromatic N) is 1. The van der Waals surface area contributed by atoms with Gasteiger partial charge in [0.2, 0.25) is 5.91 Å². The second kappa shape index (κ2) is 7.94. The molecule has 0 bridgehead atoms. The molecule has 0 atom stereocenters. The molecule has 0 unspecified atom stereocenters. The van der Waals surface area contributed by atoms with E-state index in [0.29, 0.717) is 23.6 Å². The molecule has 5 nitrogen and oxygen atoms in total. The lowest BCUT2D eigenvalue weighted by atomic mass is 9.93. The molecule has 1 aromatic carbocycles. The van der Waals surface area contributed by atoms with Gasteiger partial charge in [-0.05, 0) is 50.4 Å². The van der Waals surface area contributed by atoms with Crippen LogP contribution in [0.3, 0.4) is 0 Å². The molecule has 1 fully saturated rings. The van der Waals surface area contributed by atoms with Crippen molar-refractivity contribution in [1.29, 1.82) is 0 Å². The van der Waals surface area contributed by atoms with Crippen molar-refractivity contribution in [3.63, 3.8) is 0 Å². The highest BCUT2D eigenvalue weighted by atomic mass is 16.2. The fourth-order valence-corrected chi connectivity index (χ4v) is 2.74. The van der Waals surface area contributed by atoms with E-state index in [0.717, 1.165) is 32.4 Å². The van der Waals surface area contributed by atoms with Crippen LogP contribution >= 0.6 is 0 Å². The zero-order valence-electron chi connectivity index (χ0n) is 13.4. The summed E-state index contributed by atoms with van der Waals surface area (Å²) < 4.78 is 0. The molecular formula is C17H25N3O2. The third-order valence-electron chi connectivity index (χ3n) is 4.08. The van der Waals surface area contributed by atoms with Crippen LogP contribution in [0, 0.1) is 5.92 Å². The standard InChI is InChI=1S/C17H25N3O2/c1-20(2)17(22)14-5-3-4-6-15(14)19-16(21)8-7-13-9-11-18-12-10-13/h3-6,13,18H,7-12H2,1-2H3,(H,19,21). The summed E-state index contributed by atoms with van der Waals surface area (Å²) in [4.78, 5) is 25.8. The Labute approximate surface area is 132 Å². The van der Waals surface area contributed by atoms with Crippen LogP contribution in [0.5, 0.6) is 0 Å². The third kappa shape index (κ3) is 4.56. The van der Waals surface area contributed by atoms with Crippen LogP contribution in [-0.2, 0) is 4.79 Å². The molecule has 0 aromatic heterocycles. The van der Waals surface area contributed by atoms with Crippen LogP contribution in [-0.4, -0.2) is 43.9 Å². The Kier molecular flexibility index (Phi) is 5.95. The first-order valence-corrected chi connectivity index (χ1v) is 7.89. The van der Waals surface area contributed by atoms with Gasteiger partial charge >= 0.3 is 0 Å². The summed E-state index contributed by atoms with van der Waals surface area (Å²) in [6, 6.07) is 7.15. The maximum Gasteiger partial charge on any atom is 0.255 e. The monoisotopic (exact) mass is 303 g/mol. The Morgan fingerprint density at radius 1 is 1.23 bits per heavy atom. The molecule has 0 spiro atoms. The zero-order valence-corrected chi connectivity index (χ0v) is 13.4. The van der Waals surface area contributed by atoms with Crippen LogP contribution in [0.25, 0.3) is 0 Å². The Hall–Kier alpha value is -1.88. The van der Waals surface area contributed by atoms with E-state index in [-0.39, 0.29) is 11.8 Å². The van der Waals surface area contributed by atoms with E-state index in [4.69, 9.17) is 0 Å². The maximum atomic E-state index is 12.1. The normalized spacial score (nSPS) is 15.4. The van der Waals surface area contributed by atoms with E-state index < -0.39 is 0 Å². The molecule has 2 rings (SSSR count). The van der Waals surface area contributed by atoms with E-state index in [1.54, 1.807) is 32.3 Å². The summed E-state index contributed by atoms with van der Waals surface area (Å²) in [5.41, 5.74) is 1.12. The number of benzene rings is 1. The number of hydrogen-bond acceptors (Lipinski definition) is 3. The lowest BCUT2D eigenvalue weighted by molar-refractivity contribution is -0.116. The van der Waals surface area contributed by atoms with Crippen molar-refractivity contribution in [2.24, 2.45) is 5.92 Å². The number of carbonyl (C=O) groups excluding carboxylic acids is 2. The van der Waals surface area contributed by atoms with E-state index in [2.05, 4.69) is 10.6 Å². The third-order valence-corrected chi connectivity index (χ3v) is 4.08. The van der Waals surface area contributed by atoms with Gasteiger partial charge in [0.15, 0.2) is 0 Å². The van der Waals surface area contributed by atoms with Crippen molar-refractivity contribution in [2.75, 3.05) is 32.5 Å². The molecule has 0 radical (unpaired) electrons. The number of para-hydroxylation sites is 1. The number of amides is 2. The fraction of sp³-hybridized carbons (Fsp3) is 0.529. The number of anilines is 1. The zero-order chi connectivity index (χ0) is 15.9. The molecule has 1 saturated heterocycles. The largest absolute Gasteiger partial charge is 0.345 e. The molecule has 1 aliphatic heterocycles. The van der Waals surface area contributed by atoms with Crippen molar-refractivity contribution in [1.82, 2.24) is 10.2 Å². The summed E-state index contributed by atoms with van der Waals surface area (Å²) in [5.74, 6) is 0.512. The van der Waals surface area contributed by atoms with E-state index in [1.165, 1.54) is 4.90 Å². The summed E-state index contributed by atoms with van der Waals surface area (Å²) in [6.45, 7) is 2.10. The van der Waals surface area contributed by atoms with Gasteiger partial charge in [-0.3, -0.25) is 9.59 Å². The number of rotatable bonds is 5. The van der Waals surface area contributed by atoms with Crippen molar-refractivity contribution in [3.8, 4) is 0 Å². The first-order chi connectivity index (χ1) is 10.6. The maximum absolute atomic E-state index is 12.1. The average molecular weight is 303 g/mol. The summed E-state index contributed by atoms with van der Waals surface area (Å²) in [5, 5.41) is 6.21. The van der Waals surface area contributed by atoms with E-state index >= 15 is 0 Å². The Morgan fingerprint density at radius 3 is 2.59 bits per heavy atom. The molecule has 120 valence electrons. The predicted molar refractivity (Wildman–Crippen MR) is 87.9 cm³/mol.